The van der Waals surface area contributed by atoms with Crippen molar-refractivity contribution >= 4 is 41.2 Å². The van der Waals surface area contributed by atoms with Crippen LogP contribution in [0.2, 0.25) is 10.3 Å². The van der Waals surface area contributed by atoms with Crippen LogP contribution in [0.3, 0.4) is 0 Å². The zero-order valence-corrected chi connectivity index (χ0v) is 17.0. The molecule has 7 heteroatoms. The number of hydrogen-bond donors (Lipinski definition) is 1. The minimum atomic E-state index is -0.191. The first-order chi connectivity index (χ1) is 12.0. The second-order valence-electron chi connectivity index (χ2n) is 6.43. The SMILES string of the molecule is Cc1nc(Cl)c(Cl)n1CCCCC1CC(c2ccc(F)cc2)=CCN1.Cl. The van der Waals surface area contributed by atoms with Gasteiger partial charge in [-0.2, -0.15) is 0 Å². The normalized spacial score (nSPS) is 16.9. The van der Waals surface area contributed by atoms with Gasteiger partial charge in [0, 0.05) is 19.1 Å². The molecule has 0 spiro atoms. The molecule has 1 aromatic heterocycles. The summed E-state index contributed by atoms with van der Waals surface area (Å²) in [6.07, 6.45) is 6.39. The minimum absolute atomic E-state index is 0. The second-order valence-corrected chi connectivity index (χ2v) is 7.15. The molecular formula is C19H23Cl3FN3. The Kier molecular flexibility index (Phi) is 7.96. The number of rotatable bonds is 6. The molecule has 26 heavy (non-hydrogen) atoms. The summed E-state index contributed by atoms with van der Waals surface area (Å²) >= 11 is 12.1. The van der Waals surface area contributed by atoms with E-state index in [1.807, 2.05) is 23.6 Å². The number of nitrogens with one attached hydrogen (secondary N) is 1. The van der Waals surface area contributed by atoms with Crippen molar-refractivity contribution in [3.63, 3.8) is 0 Å². The lowest BCUT2D eigenvalue weighted by atomic mass is 9.93. The molecule has 0 saturated carbocycles. The van der Waals surface area contributed by atoms with Crippen molar-refractivity contribution < 1.29 is 4.39 Å². The van der Waals surface area contributed by atoms with E-state index < -0.39 is 0 Å². The summed E-state index contributed by atoms with van der Waals surface area (Å²) in [5, 5.41) is 4.44. The molecule has 0 bridgehead atoms. The van der Waals surface area contributed by atoms with Crippen molar-refractivity contribution in [3.05, 3.63) is 57.9 Å². The molecule has 2 aromatic rings. The Balaban J connectivity index is 0.00000243. The fourth-order valence-corrected chi connectivity index (χ4v) is 3.77. The summed E-state index contributed by atoms with van der Waals surface area (Å²) in [6.45, 7) is 3.61. The van der Waals surface area contributed by atoms with Crippen LogP contribution in [0.25, 0.3) is 5.57 Å². The van der Waals surface area contributed by atoms with Gasteiger partial charge in [0.2, 0.25) is 0 Å². The quantitative estimate of drug-likeness (QED) is 0.612. The van der Waals surface area contributed by atoms with Crippen molar-refractivity contribution in [1.29, 1.82) is 0 Å². The van der Waals surface area contributed by atoms with Crippen molar-refractivity contribution in [3.8, 4) is 0 Å². The highest BCUT2D eigenvalue weighted by atomic mass is 35.5. The third-order valence-corrected chi connectivity index (χ3v) is 5.42. The largest absolute Gasteiger partial charge is 0.318 e. The second kappa shape index (κ2) is 9.75. The third kappa shape index (κ3) is 5.23. The van der Waals surface area contributed by atoms with Crippen LogP contribution in [-0.4, -0.2) is 22.1 Å². The van der Waals surface area contributed by atoms with E-state index in [4.69, 9.17) is 23.2 Å². The lowest BCUT2D eigenvalue weighted by Gasteiger charge is -2.24. The Hall–Kier alpha value is -1.07. The highest BCUT2D eigenvalue weighted by Gasteiger charge is 2.16. The van der Waals surface area contributed by atoms with Gasteiger partial charge in [0.1, 0.15) is 16.8 Å². The fraction of sp³-hybridized carbons (Fsp3) is 0.421. The molecule has 0 aliphatic carbocycles. The molecule has 2 heterocycles. The van der Waals surface area contributed by atoms with Crippen molar-refractivity contribution in [2.45, 2.75) is 45.2 Å². The summed E-state index contributed by atoms with van der Waals surface area (Å²) in [7, 11) is 0. The predicted molar refractivity (Wildman–Crippen MR) is 109 cm³/mol. The van der Waals surface area contributed by atoms with E-state index in [0.29, 0.717) is 16.3 Å². The molecule has 1 aromatic carbocycles. The zero-order valence-electron chi connectivity index (χ0n) is 14.6. The number of halogens is 4. The van der Waals surface area contributed by atoms with Gasteiger partial charge in [0.25, 0.3) is 0 Å². The van der Waals surface area contributed by atoms with Gasteiger partial charge in [0.15, 0.2) is 5.15 Å². The zero-order chi connectivity index (χ0) is 17.8. The molecule has 0 fully saturated rings. The van der Waals surface area contributed by atoms with E-state index in [-0.39, 0.29) is 18.2 Å². The minimum Gasteiger partial charge on any atom is -0.318 e. The Bertz CT molecular complexity index is 756. The standard InChI is InChI=1S/C19H22Cl2FN3.ClH/c1-13-24-18(20)19(21)25(13)11-3-2-4-17-12-15(9-10-23-17)14-5-7-16(22)8-6-14;/h5-9,17,23H,2-4,10-12H2,1H3;1H. The van der Waals surface area contributed by atoms with Gasteiger partial charge in [-0.15, -0.1) is 12.4 Å². The number of unbranched alkanes of at least 4 members (excludes halogenated alkanes) is 1. The van der Waals surface area contributed by atoms with Crippen LogP contribution in [0.4, 0.5) is 4.39 Å². The van der Waals surface area contributed by atoms with Gasteiger partial charge in [-0.05, 0) is 49.5 Å². The van der Waals surface area contributed by atoms with Crippen molar-refractivity contribution in [2.24, 2.45) is 0 Å². The van der Waals surface area contributed by atoms with Crippen LogP contribution in [-0.2, 0) is 6.54 Å². The van der Waals surface area contributed by atoms with Gasteiger partial charge in [-0.3, -0.25) is 0 Å². The van der Waals surface area contributed by atoms with Crippen molar-refractivity contribution in [1.82, 2.24) is 14.9 Å². The van der Waals surface area contributed by atoms with E-state index in [1.165, 1.54) is 17.7 Å². The van der Waals surface area contributed by atoms with Crippen LogP contribution in [0.1, 0.15) is 37.1 Å². The Labute approximate surface area is 170 Å². The van der Waals surface area contributed by atoms with Crippen LogP contribution >= 0.6 is 35.6 Å². The lowest BCUT2D eigenvalue weighted by molar-refractivity contribution is 0.463. The van der Waals surface area contributed by atoms with Gasteiger partial charge in [-0.25, -0.2) is 9.37 Å². The van der Waals surface area contributed by atoms with Crippen molar-refractivity contribution in [2.75, 3.05) is 6.54 Å². The number of nitrogens with zero attached hydrogens (tertiary/aromatic N) is 2. The molecule has 1 aliphatic heterocycles. The number of benzene rings is 1. The summed E-state index contributed by atoms with van der Waals surface area (Å²) in [4.78, 5) is 4.18. The molecule has 1 aliphatic rings. The predicted octanol–water partition coefficient (Wildman–Crippen LogP) is 5.68. The monoisotopic (exact) mass is 417 g/mol. The number of hydrogen-bond acceptors (Lipinski definition) is 2. The Morgan fingerprint density at radius 1 is 1.23 bits per heavy atom. The smallest absolute Gasteiger partial charge is 0.166 e. The molecule has 0 amide bonds. The molecule has 0 saturated heterocycles. The summed E-state index contributed by atoms with van der Waals surface area (Å²) < 4.78 is 15.0. The maximum Gasteiger partial charge on any atom is 0.166 e. The van der Waals surface area contributed by atoms with Gasteiger partial charge >= 0.3 is 0 Å². The van der Waals surface area contributed by atoms with E-state index in [9.17, 15) is 4.39 Å². The number of aryl methyl sites for hydroxylation is 1. The first kappa shape index (κ1) is 21.2. The number of imidazole rings is 1. The molecule has 142 valence electrons. The molecular weight excluding hydrogens is 396 g/mol. The van der Waals surface area contributed by atoms with Gasteiger partial charge in [-0.1, -0.05) is 47.8 Å². The topological polar surface area (TPSA) is 29.9 Å². The van der Waals surface area contributed by atoms with Crippen LogP contribution < -0.4 is 5.32 Å². The Morgan fingerprint density at radius 3 is 2.62 bits per heavy atom. The number of aromatic nitrogens is 2. The van der Waals surface area contributed by atoms with Gasteiger partial charge in [0.05, 0.1) is 0 Å². The summed E-state index contributed by atoms with van der Waals surface area (Å²) in [5.74, 6) is 0.663. The first-order valence-corrected chi connectivity index (χ1v) is 9.36. The average Bonchev–Trinajstić information content (AvgIpc) is 2.85. The maximum absolute atomic E-state index is 13.1. The molecule has 1 atom stereocenters. The van der Waals surface area contributed by atoms with Crippen LogP contribution in [0.5, 0.6) is 0 Å². The fourth-order valence-electron chi connectivity index (χ4n) is 3.30. The molecule has 3 nitrogen and oxygen atoms in total. The first-order valence-electron chi connectivity index (χ1n) is 8.61. The summed E-state index contributed by atoms with van der Waals surface area (Å²) in [5.41, 5.74) is 2.41. The van der Waals surface area contributed by atoms with Crippen LogP contribution in [0, 0.1) is 12.7 Å². The third-order valence-electron chi connectivity index (χ3n) is 4.68. The highest BCUT2D eigenvalue weighted by Crippen LogP contribution is 2.26. The van der Waals surface area contributed by atoms with E-state index in [1.54, 1.807) is 0 Å². The molecule has 1 unspecified atom stereocenters. The average molecular weight is 419 g/mol. The van der Waals surface area contributed by atoms with E-state index in [0.717, 1.165) is 50.2 Å². The van der Waals surface area contributed by atoms with Crippen LogP contribution in [0.15, 0.2) is 30.3 Å². The van der Waals surface area contributed by atoms with Gasteiger partial charge < -0.3 is 9.88 Å². The molecule has 0 radical (unpaired) electrons. The lowest BCUT2D eigenvalue weighted by Crippen LogP contribution is -2.32. The molecule has 1 N–H and O–H groups in total. The Morgan fingerprint density at radius 2 is 1.96 bits per heavy atom. The highest BCUT2D eigenvalue weighted by molar-refractivity contribution is 6.40. The summed E-state index contributed by atoms with van der Waals surface area (Å²) in [6, 6.07) is 7.22. The molecule has 3 rings (SSSR count). The maximum atomic E-state index is 13.1. The van der Waals surface area contributed by atoms with E-state index in [2.05, 4.69) is 16.4 Å². The van der Waals surface area contributed by atoms with E-state index >= 15 is 0 Å².